The predicted molar refractivity (Wildman–Crippen MR) is 78.3 cm³/mol. The monoisotopic (exact) mass is 253 g/mol. The second-order valence-corrected chi connectivity index (χ2v) is 4.79. The maximum absolute atomic E-state index is 11.2. The number of nitrogens with zero attached hydrogens (tertiary/aromatic N) is 1. The molecule has 0 aliphatic rings. The van der Waals surface area contributed by atoms with E-state index in [-0.39, 0.29) is 5.78 Å². The van der Waals surface area contributed by atoms with Crippen molar-refractivity contribution in [2.45, 2.75) is 33.1 Å². The number of aryl methyl sites for hydroxylation is 1. The van der Waals surface area contributed by atoms with Crippen molar-refractivity contribution in [3.63, 3.8) is 0 Å². The van der Waals surface area contributed by atoms with Crippen LogP contribution in [-0.4, -0.2) is 10.8 Å². The van der Waals surface area contributed by atoms with Crippen LogP contribution in [0.5, 0.6) is 0 Å². The summed E-state index contributed by atoms with van der Waals surface area (Å²) in [4.78, 5) is 15.5. The van der Waals surface area contributed by atoms with E-state index in [1.54, 1.807) is 13.1 Å². The van der Waals surface area contributed by atoms with Crippen LogP contribution in [0.15, 0.2) is 42.6 Å². The summed E-state index contributed by atoms with van der Waals surface area (Å²) in [6.45, 7) is 3.76. The van der Waals surface area contributed by atoms with Gasteiger partial charge in [0.05, 0.1) is 5.69 Å². The number of carbonyl (C=O) groups is 1. The van der Waals surface area contributed by atoms with Gasteiger partial charge in [0.2, 0.25) is 0 Å². The number of Topliss-reactive ketones (excluding diaryl/α,β-unsaturated/α-hetero) is 1. The minimum Gasteiger partial charge on any atom is -0.294 e. The van der Waals surface area contributed by atoms with Gasteiger partial charge in [-0.1, -0.05) is 37.6 Å². The van der Waals surface area contributed by atoms with Crippen LogP contribution in [-0.2, 0) is 6.42 Å². The van der Waals surface area contributed by atoms with Crippen LogP contribution in [0.2, 0.25) is 0 Å². The third-order valence-corrected chi connectivity index (χ3v) is 3.24. The number of aromatic nitrogens is 1. The molecule has 2 heteroatoms. The fourth-order valence-electron chi connectivity index (χ4n) is 2.00. The Morgan fingerprint density at radius 1 is 1.11 bits per heavy atom. The first-order chi connectivity index (χ1) is 9.20. The molecule has 2 aromatic rings. The van der Waals surface area contributed by atoms with Crippen LogP contribution in [0.25, 0.3) is 11.3 Å². The highest BCUT2D eigenvalue weighted by atomic mass is 16.1. The maximum atomic E-state index is 11.2. The second kappa shape index (κ2) is 6.28. The van der Waals surface area contributed by atoms with Crippen LogP contribution in [0, 0.1) is 0 Å². The molecule has 0 fully saturated rings. The predicted octanol–water partition coefficient (Wildman–Crippen LogP) is 4.29. The highest BCUT2D eigenvalue weighted by Crippen LogP contribution is 2.18. The van der Waals surface area contributed by atoms with E-state index in [4.69, 9.17) is 0 Å². The lowest BCUT2D eigenvalue weighted by Crippen LogP contribution is -1.93. The first-order valence-electron chi connectivity index (χ1n) is 6.77. The van der Waals surface area contributed by atoms with Gasteiger partial charge in [-0.2, -0.15) is 0 Å². The molecule has 2 nitrogen and oxygen atoms in total. The fraction of sp³-hybridized carbons (Fsp3) is 0.294. The Morgan fingerprint density at radius 2 is 1.84 bits per heavy atom. The Balaban J connectivity index is 2.15. The topological polar surface area (TPSA) is 30.0 Å². The molecule has 0 radical (unpaired) electrons. The van der Waals surface area contributed by atoms with Gasteiger partial charge in [-0.05, 0) is 37.5 Å². The van der Waals surface area contributed by atoms with E-state index < -0.39 is 0 Å². The van der Waals surface area contributed by atoms with Crippen molar-refractivity contribution < 1.29 is 4.79 Å². The third kappa shape index (κ3) is 3.50. The van der Waals surface area contributed by atoms with Crippen molar-refractivity contribution in [2.24, 2.45) is 0 Å². The van der Waals surface area contributed by atoms with Gasteiger partial charge < -0.3 is 0 Å². The average Bonchev–Trinajstić information content (AvgIpc) is 2.46. The van der Waals surface area contributed by atoms with E-state index in [1.807, 2.05) is 12.1 Å². The number of carbonyl (C=O) groups excluding carboxylic acids is 1. The van der Waals surface area contributed by atoms with Crippen molar-refractivity contribution in [1.82, 2.24) is 4.98 Å². The molecule has 1 heterocycles. The Labute approximate surface area is 114 Å². The Morgan fingerprint density at radius 3 is 2.37 bits per heavy atom. The molecule has 0 aliphatic carbocycles. The second-order valence-electron chi connectivity index (χ2n) is 4.79. The van der Waals surface area contributed by atoms with Crippen LogP contribution < -0.4 is 0 Å². The first-order valence-corrected chi connectivity index (χ1v) is 6.77. The molecule has 0 saturated heterocycles. The fourth-order valence-corrected chi connectivity index (χ4v) is 2.00. The molecule has 0 saturated carbocycles. The van der Waals surface area contributed by atoms with E-state index in [0.717, 1.165) is 17.7 Å². The molecule has 0 unspecified atom stereocenters. The molecule has 0 atom stereocenters. The summed E-state index contributed by atoms with van der Waals surface area (Å²) in [7, 11) is 0. The summed E-state index contributed by atoms with van der Waals surface area (Å²) >= 11 is 0. The molecule has 1 aromatic heterocycles. The maximum Gasteiger partial charge on any atom is 0.161 e. The SMILES string of the molecule is CCCCc1ccc(-c2ccc(C(C)=O)cn2)cc1. The molecule has 19 heavy (non-hydrogen) atoms. The lowest BCUT2D eigenvalue weighted by molar-refractivity contribution is 0.101. The molecule has 1 aromatic carbocycles. The molecule has 0 N–H and O–H groups in total. The lowest BCUT2D eigenvalue weighted by Gasteiger charge is -2.04. The Kier molecular flexibility index (Phi) is 4.45. The summed E-state index contributed by atoms with van der Waals surface area (Å²) in [5.74, 6) is 0.0500. The van der Waals surface area contributed by atoms with E-state index in [9.17, 15) is 4.79 Å². The smallest absolute Gasteiger partial charge is 0.161 e. The molecule has 0 spiro atoms. The minimum atomic E-state index is 0.0500. The molecule has 0 amide bonds. The van der Waals surface area contributed by atoms with E-state index in [0.29, 0.717) is 5.56 Å². The van der Waals surface area contributed by atoms with Gasteiger partial charge in [0, 0.05) is 17.3 Å². The quantitative estimate of drug-likeness (QED) is 0.744. The number of rotatable bonds is 5. The number of hydrogen-bond donors (Lipinski definition) is 0. The van der Waals surface area contributed by atoms with E-state index in [1.165, 1.54) is 18.4 Å². The van der Waals surface area contributed by atoms with Crippen LogP contribution in [0.3, 0.4) is 0 Å². The van der Waals surface area contributed by atoms with E-state index in [2.05, 4.69) is 36.2 Å². The van der Waals surface area contributed by atoms with Crippen LogP contribution >= 0.6 is 0 Å². The number of pyridine rings is 1. The van der Waals surface area contributed by atoms with Crippen molar-refractivity contribution in [3.8, 4) is 11.3 Å². The van der Waals surface area contributed by atoms with Crippen LogP contribution in [0.1, 0.15) is 42.6 Å². The molecule has 0 bridgehead atoms. The highest BCUT2D eigenvalue weighted by molar-refractivity contribution is 5.93. The third-order valence-electron chi connectivity index (χ3n) is 3.24. The summed E-state index contributed by atoms with van der Waals surface area (Å²) in [5, 5.41) is 0. The van der Waals surface area contributed by atoms with Gasteiger partial charge in [-0.15, -0.1) is 0 Å². The zero-order valence-electron chi connectivity index (χ0n) is 11.5. The van der Waals surface area contributed by atoms with Crippen LogP contribution in [0.4, 0.5) is 0 Å². The van der Waals surface area contributed by atoms with Crippen molar-refractivity contribution in [3.05, 3.63) is 53.7 Å². The molecule has 2 rings (SSSR count). The summed E-state index contributed by atoms with van der Waals surface area (Å²) in [5.41, 5.74) is 4.02. The normalized spacial score (nSPS) is 10.4. The number of benzene rings is 1. The van der Waals surface area contributed by atoms with Gasteiger partial charge >= 0.3 is 0 Å². The summed E-state index contributed by atoms with van der Waals surface area (Å²) in [6, 6.07) is 12.2. The largest absolute Gasteiger partial charge is 0.294 e. The molecular weight excluding hydrogens is 234 g/mol. The lowest BCUT2D eigenvalue weighted by atomic mass is 10.0. The highest BCUT2D eigenvalue weighted by Gasteiger charge is 2.02. The Hall–Kier alpha value is -1.96. The zero-order valence-corrected chi connectivity index (χ0v) is 11.5. The van der Waals surface area contributed by atoms with Gasteiger partial charge in [0.15, 0.2) is 5.78 Å². The van der Waals surface area contributed by atoms with Gasteiger partial charge in [-0.3, -0.25) is 9.78 Å². The number of unbranched alkanes of at least 4 members (excludes halogenated alkanes) is 1. The average molecular weight is 253 g/mol. The zero-order chi connectivity index (χ0) is 13.7. The van der Waals surface area contributed by atoms with Gasteiger partial charge in [0.25, 0.3) is 0 Å². The van der Waals surface area contributed by atoms with Gasteiger partial charge in [0.1, 0.15) is 0 Å². The summed E-state index contributed by atoms with van der Waals surface area (Å²) in [6.07, 6.45) is 5.22. The van der Waals surface area contributed by atoms with Gasteiger partial charge in [-0.25, -0.2) is 0 Å². The Bertz CT molecular complexity index is 540. The minimum absolute atomic E-state index is 0.0500. The van der Waals surface area contributed by atoms with Crippen molar-refractivity contribution in [2.75, 3.05) is 0 Å². The summed E-state index contributed by atoms with van der Waals surface area (Å²) < 4.78 is 0. The van der Waals surface area contributed by atoms with Crippen molar-refractivity contribution in [1.29, 1.82) is 0 Å². The van der Waals surface area contributed by atoms with Crippen molar-refractivity contribution >= 4 is 5.78 Å². The molecule has 98 valence electrons. The standard InChI is InChI=1S/C17H19NO/c1-3-4-5-14-6-8-15(9-7-14)17-11-10-16(12-18-17)13(2)19/h6-12H,3-5H2,1-2H3. The van der Waals surface area contributed by atoms with E-state index >= 15 is 0 Å². The molecular formula is C17H19NO. The first kappa shape index (κ1) is 13.5. The number of ketones is 1. The number of hydrogen-bond acceptors (Lipinski definition) is 2. The molecule has 0 aliphatic heterocycles.